The number of phenols is 1. The topological polar surface area (TPSA) is 73.7 Å². The van der Waals surface area contributed by atoms with Gasteiger partial charge in [-0.3, -0.25) is 0 Å². The molecule has 0 fully saturated rings. The highest BCUT2D eigenvalue weighted by atomic mass is 16.5. The summed E-state index contributed by atoms with van der Waals surface area (Å²) in [5.74, 6) is 2.18. The lowest BCUT2D eigenvalue weighted by atomic mass is 10.1. The summed E-state index contributed by atoms with van der Waals surface area (Å²) in [7, 11) is 3.09. The van der Waals surface area contributed by atoms with E-state index in [0.717, 1.165) is 10.9 Å². The second kappa shape index (κ2) is 7.67. The first-order valence-electron chi connectivity index (χ1n) is 9.06. The van der Waals surface area contributed by atoms with Crippen molar-refractivity contribution >= 4 is 10.9 Å². The molecule has 4 rings (SSSR count). The SMILES string of the molecule is COc1cc(C)ccc1Oc1nc(-c2cccc(OC)c2O)nc2ccccc12. The van der Waals surface area contributed by atoms with E-state index in [1.165, 1.54) is 7.11 Å². The van der Waals surface area contributed by atoms with Gasteiger partial charge in [0.05, 0.1) is 30.7 Å². The number of rotatable bonds is 5. The Kier molecular flexibility index (Phi) is 4.91. The van der Waals surface area contributed by atoms with Crippen molar-refractivity contribution in [1.82, 2.24) is 9.97 Å². The summed E-state index contributed by atoms with van der Waals surface area (Å²) in [5, 5.41) is 11.3. The zero-order valence-corrected chi connectivity index (χ0v) is 16.3. The van der Waals surface area contributed by atoms with Gasteiger partial charge >= 0.3 is 0 Å². The van der Waals surface area contributed by atoms with Gasteiger partial charge in [0.15, 0.2) is 28.8 Å². The first-order valence-corrected chi connectivity index (χ1v) is 9.06. The highest BCUT2D eigenvalue weighted by Gasteiger charge is 2.17. The number of aromatic nitrogens is 2. The average Bonchev–Trinajstić information content (AvgIpc) is 2.75. The molecule has 1 N–H and O–H groups in total. The standard InChI is InChI=1S/C23H20N2O4/c1-14-11-12-18(20(13-14)28-3)29-23-15-7-4-5-9-17(15)24-22(25-23)16-8-6-10-19(27-2)21(16)26/h4-13,26H,1-3H3. The van der Waals surface area contributed by atoms with Gasteiger partial charge in [-0.25, -0.2) is 4.98 Å². The van der Waals surface area contributed by atoms with Gasteiger partial charge in [0.1, 0.15) is 0 Å². The van der Waals surface area contributed by atoms with Crippen molar-refractivity contribution in [3.05, 3.63) is 66.2 Å². The number of methoxy groups -OCH3 is 2. The number of hydrogen-bond acceptors (Lipinski definition) is 6. The number of para-hydroxylation sites is 2. The molecule has 3 aromatic carbocycles. The molecule has 0 unspecified atom stereocenters. The maximum absolute atomic E-state index is 10.5. The zero-order chi connectivity index (χ0) is 20.4. The number of aromatic hydroxyl groups is 1. The number of aryl methyl sites for hydroxylation is 1. The molecule has 0 saturated carbocycles. The Balaban J connectivity index is 1.89. The molecule has 146 valence electrons. The number of nitrogens with zero attached hydrogens (tertiary/aromatic N) is 2. The van der Waals surface area contributed by atoms with Crippen LogP contribution in [0.4, 0.5) is 0 Å². The van der Waals surface area contributed by atoms with E-state index in [0.29, 0.717) is 40.0 Å². The minimum atomic E-state index is -0.0239. The Morgan fingerprint density at radius 1 is 0.793 bits per heavy atom. The molecule has 0 saturated heterocycles. The lowest BCUT2D eigenvalue weighted by molar-refractivity contribution is 0.373. The minimum absolute atomic E-state index is 0.0239. The number of hydrogen-bond donors (Lipinski definition) is 1. The van der Waals surface area contributed by atoms with E-state index in [1.807, 2.05) is 49.4 Å². The third-order valence-corrected chi connectivity index (χ3v) is 4.55. The van der Waals surface area contributed by atoms with Crippen molar-refractivity contribution in [2.45, 2.75) is 6.92 Å². The molecule has 6 heteroatoms. The predicted molar refractivity (Wildman–Crippen MR) is 111 cm³/mol. The lowest BCUT2D eigenvalue weighted by Crippen LogP contribution is -1.98. The molecular weight excluding hydrogens is 368 g/mol. The molecule has 29 heavy (non-hydrogen) atoms. The van der Waals surface area contributed by atoms with Gasteiger partial charge in [-0.15, -0.1) is 0 Å². The Labute approximate surface area is 168 Å². The number of phenolic OH excluding ortho intramolecular Hbond substituents is 1. The molecule has 0 aliphatic heterocycles. The Morgan fingerprint density at radius 3 is 2.38 bits per heavy atom. The molecule has 4 aromatic rings. The molecule has 0 radical (unpaired) electrons. The highest BCUT2D eigenvalue weighted by molar-refractivity contribution is 5.86. The van der Waals surface area contributed by atoms with Crippen LogP contribution in [0.3, 0.4) is 0 Å². The van der Waals surface area contributed by atoms with Gasteiger partial charge < -0.3 is 19.3 Å². The average molecular weight is 388 g/mol. The summed E-state index contributed by atoms with van der Waals surface area (Å²) < 4.78 is 16.8. The van der Waals surface area contributed by atoms with Gasteiger partial charge in [-0.1, -0.05) is 24.3 Å². The quantitative estimate of drug-likeness (QED) is 0.511. The van der Waals surface area contributed by atoms with E-state index in [-0.39, 0.29) is 5.75 Å². The van der Waals surface area contributed by atoms with E-state index in [1.54, 1.807) is 25.3 Å². The van der Waals surface area contributed by atoms with Gasteiger partial charge in [-0.05, 0) is 48.9 Å². The van der Waals surface area contributed by atoms with Crippen molar-refractivity contribution in [2.75, 3.05) is 14.2 Å². The van der Waals surface area contributed by atoms with Crippen LogP contribution in [-0.2, 0) is 0 Å². The Hall–Kier alpha value is -3.80. The van der Waals surface area contributed by atoms with Crippen LogP contribution < -0.4 is 14.2 Å². The summed E-state index contributed by atoms with van der Waals surface area (Å²) in [6.45, 7) is 1.98. The van der Waals surface area contributed by atoms with Crippen molar-refractivity contribution in [3.8, 4) is 40.3 Å². The third-order valence-electron chi connectivity index (χ3n) is 4.55. The number of fused-ring (bicyclic) bond motifs is 1. The molecule has 1 aromatic heterocycles. The van der Waals surface area contributed by atoms with Crippen LogP contribution in [0.15, 0.2) is 60.7 Å². The van der Waals surface area contributed by atoms with Crippen LogP contribution in [0.25, 0.3) is 22.3 Å². The van der Waals surface area contributed by atoms with E-state index in [2.05, 4.69) is 9.97 Å². The minimum Gasteiger partial charge on any atom is -0.504 e. The van der Waals surface area contributed by atoms with Crippen molar-refractivity contribution < 1.29 is 19.3 Å². The van der Waals surface area contributed by atoms with Crippen LogP contribution >= 0.6 is 0 Å². The largest absolute Gasteiger partial charge is 0.504 e. The second-order valence-electron chi connectivity index (χ2n) is 6.48. The highest BCUT2D eigenvalue weighted by Crippen LogP contribution is 2.39. The van der Waals surface area contributed by atoms with Gasteiger partial charge in [0.2, 0.25) is 5.88 Å². The van der Waals surface area contributed by atoms with Crippen LogP contribution in [0.2, 0.25) is 0 Å². The molecule has 6 nitrogen and oxygen atoms in total. The third kappa shape index (κ3) is 3.52. The van der Waals surface area contributed by atoms with E-state index in [9.17, 15) is 5.11 Å². The maximum Gasteiger partial charge on any atom is 0.230 e. The normalized spacial score (nSPS) is 10.7. The van der Waals surface area contributed by atoms with Crippen molar-refractivity contribution in [1.29, 1.82) is 0 Å². The molecule has 0 aliphatic carbocycles. The molecule has 0 spiro atoms. The molecular formula is C23H20N2O4. The summed E-state index contributed by atoms with van der Waals surface area (Å²) in [6, 6.07) is 18.4. The van der Waals surface area contributed by atoms with Gasteiger partial charge in [-0.2, -0.15) is 4.98 Å². The fourth-order valence-corrected chi connectivity index (χ4v) is 3.08. The van der Waals surface area contributed by atoms with E-state index >= 15 is 0 Å². The predicted octanol–water partition coefficient (Wildman–Crippen LogP) is 5.12. The molecule has 0 atom stereocenters. The lowest BCUT2D eigenvalue weighted by Gasteiger charge is -2.14. The molecule has 0 bridgehead atoms. The second-order valence-corrected chi connectivity index (χ2v) is 6.48. The van der Waals surface area contributed by atoms with Gasteiger partial charge in [0.25, 0.3) is 0 Å². The fraction of sp³-hybridized carbons (Fsp3) is 0.130. The fourth-order valence-electron chi connectivity index (χ4n) is 3.08. The Morgan fingerprint density at radius 2 is 1.59 bits per heavy atom. The zero-order valence-electron chi connectivity index (χ0n) is 16.3. The number of ether oxygens (including phenoxy) is 3. The van der Waals surface area contributed by atoms with Crippen LogP contribution in [0.1, 0.15) is 5.56 Å². The van der Waals surface area contributed by atoms with Gasteiger partial charge in [0, 0.05) is 0 Å². The first kappa shape index (κ1) is 18.6. The molecule has 0 amide bonds. The monoisotopic (exact) mass is 388 g/mol. The van der Waals surface area contributed by atoms with Crippen LogP contribution in [0, 0.1) is 6.92 Å². The smallest absolute Gasteiger partial charge is 0.230 e. The van der Waals surface area contributed by atoms with E-state index < -0.39 is 0 Å². The van der Waals surface area contributed by atoms with Crippen LogP contribution in [-0.4, -0.2) is 29.3 Å². The summed E-state index contributed by atoms with van der Waals surface area (Å²) in [4.78, 5) is 9.20. The Bertz CT molecular complexity index is 1190. The summed E-state index contributed by atoms with van der Waals surface area (Å²) in [5.41, 5.74) is 2.21. The molecule has 0 aliphatic rings. The number of benzene rings is 3. The molecule has 1 heterocycles. The van der Waals surface area contributed by atoms with Crippen molar-refractivity contribution in [2.24, 2.45) is 0 Å². The first-order chi connectivity index (χ1) is 14.1. The summed E-state index contributed by atoms with van der Waals surface area (Å²) >= 11 is 0. The maximum atomic E-state index is 10.5. The summed E-state index contributed by atoms with van der Waals surface area (Å²) in [6.07, 6.45) is 0. The van der Waals surface area contributed by atoms with Crippen LogP contribution in [0.5, 0.6) is 28.9 Å². The van der Waals surface area contributed by atoms with Crippen molar-refractivity contribution in [3.63, 3.8) is 0 Å². The van der Waals surface area contributed by atoms with E-state index in [4.69, 9.17) is 14.2 Å².